The van der Waals surface area contributed by atoms with Crippen molar-refractivity contribution in [2.45, 2.75) is 19.3 Å². The van der Waals surface area contributed by atoms with Crippen molar-refractivity contribution >= 4 is 11.9 Å². The Hall–Kier alpha value is -2.89. The second-order valence-corrected chi connectivity index (χ2v) is 6.03. The maximum atomic E-state index is 12.3. The highest BCUT2D eigenvalue weighted by Crippen LogP contribution is 2.25. The standard InChI is InChI=1S/C18H20N2O4/c1-18(2,13-5-4-6-14(10-13)24-3)11-20-16(21)12-7-8-19-15(9-12)17(22)23/h4-10H,11H2,1-3H3,(H,20,21)(H,22,23). The van der Waals surface area contributed by atoms with Crippen molar-refractivity contribution in [1.82, 2.24) is 10.3 Å². The van der Waals surface area contributed by atoms with E-state index in [4.69, 9.17) is 9.84 Å². The number of methoxy groups -OCH3 is 1. The largest absolute Gasteiger partial charge is 0.497 e. The van der Waals surface area contributed by atoms with Crippen LogP contribution in [0.2, 0.25) is 0 Å². The van der Waals surface area contributed by atoms with Gasteiger partial charge < -0.3 is 15.2 Å². The maximum absolute atomic E-state index is 12.3. The fourth-order valence-corrected chi connectivity index (χ4v) is 2.24. The Balaban J connectivity index is 2.09. The molecule has 0 spiro atoms. The minimum absolute atomic E-state index is 0.158. The van der Waals surface area contributed by atoms with Gasteiger partial charge in [-0.25, -0.2) is 9.78 Å². The molecule has 0 radical (unpaired) electrons. The van der Waals surface area contributed by atoms with Crippen molar-refractivity contribution < 1.29 is 19.4 Å². The lowest BCUT2D eigenvalue weighted by Crippen LogP contribution is -2.36. The van der Waals surface area contributed by atoms with Crippen LogP contribution in [0.15, 0.2) is 42.6 Å². The molecule has 126 valence electrons. The average Bonchev–Trinajstić information content (AvgIpc) is 2.59. The van der Waals surface area contributed by atoms with E-state index in [0.717, 1.165) is 11.3 Å². The molecule has 0 fully saturated rings. The summed E-state index contributed by atoms with van der Waals surface area (Å²) in [7, 11) is 1.61. The highest BCUT2D eigenvalue weighted by Gasteiger charge is 2.22. The highest BCUT2D eigenvalue weighted by molar-refractivity contribution is 5.96. The van der Waals surface area contributed by atoms with E-state index in [1.807, 2.05) is 38.1 Å². The van der Waals surface area contributed by atoms with E-state index < -0.39 is 5.97 Å². The van der Waals surface area contributed by atoms with E-state index >= 15 is 0 Å². The molecule has 0 atom stereocenters. The molecule has 1 amide bonds. The molecule has 2 rings (SSSR count). The van der Waals surface area contributed by atoms with E-state index in [9.17, 15) is 9.59 Å². The zero-order valence-electron chi connectivity index (χ0n) is 13.9. The number of amides is 1. The van der Waals surface area contributed by atoms with Crippen LogP contribution in [0.5, 0.6) is 5.75 Å². The molecule has 1 aromatic heterocycles. The van der Waals surface area contributed by atoms with Crippen molar-refractivity contribution in [2.75, 3.05) is 13.7 Å². The summed E-state index contributed by atoms with van der Waals surface area (Å²) in [5.74, 6) is -0.746. The van der Waals surface area contributed by atoms with Crippen LogP contribution in [-0.2, 0) is 5.41 Å². The predicted octanol–water partition coefficient (Wildman–Crippen LogP) is 2.50. The molecule has 0 aliphatic rings. The fraction of sp³-hybridized carbons (Fsp3) is 0.278. The molecule has 0 aliphatic heterocycles. The zero-order chi connectivity index (χ0) is 17.7. The summed E-state index contributed by atoms with van der Waals surface area (Å²) in [4.78, 5) is 26.9. The number of aromatic carboxylic acids is 1. The quantitative estimate of drug-likeness (QED) is 0.850. The van der Waals surface area contributed by atoms with Crippen LogP contribution in [0.1, 0.15) is 40.3 Å². The minimum atomic E-state index is -1.17. The summed E-state index contributed by atoms with van der Waals surface area (Å²) >= 11 is 0. The molecule has 1 heterocycles. The molecule has 0 unspecified atom stereocenters. The summed E-state index contributed by atoms with van der Waals surface area (Å²) in [6, 6.07) is 10.4. The molecule has 1 aromatic carbocycles. The van der Waals surface area contributed by atoms with Crippen LogP contribution in [-0.4, -0.2) is 35.6 Å². The lowest BCUT2D eigenvalue weighted by atomic mass is 9.84. The summed E-state index contributed by atoms with van der Waals surface area (Å²) in [5, 5.41) is 11.8. The number of pyridine rings is 1. The Morgan fingerprint density at radius 2 is 2.00 bits per heavy atom. The van der Waals surface area contributed by atoms with Gasteiger partial charge in [-0.2, -0.15) is 0 Å². The van der Waals surface area contributed by atoms with Gasteiger partial charge in [0.25, 0.3) is 5.91 Å². The summed E-state index contributed by atoms with van der Waals surface area (Å²) in [5.41, 5.74) is 0.828. The molecular weight excluding hydrogens is 308 g/mol. The predicted molar refractivity (Wildman–Crippen MR) is 89.5 cm³/mol. The van der Waals surface area contributed by atoms with Gasteiger partial charge in [-0.15, -0.1) is 0 Å². The number of carbonyl (C=O) groups excluding carboxylic acids is 1. The Labute approximate surface area is 140 Å². The molecule has 6 nitrogen and oxygen atoms in total. The Morgan fingerprint density at radius 3 is 2.67 bits per heavy atom. The maximum Gasteiger partial charge on any atom is 0.354 e. The van der Waals surface area contributed by atoms with Crippen LogP contribution < -0.4 is 10.1 Å². The average molecular weight is 328 g/mol. The van der Waals surface area contributed by atoms with Crippen molar-refractivity contribution in [2.24, 2.45) is 0 Å². The Bertz CT molecular complexity index is 756. The summed E-state index contributed by atoms with van der Waals surface area (Å²) < 4.78 is 5.23. The lowest BCUT2D eigenvalue weighted by Gasteiger charge is -2.26. The lowest BCUT2D eigenvalue weighted by molar-refractivity contribution is 0.0690. The summed E-state index contributed by atoms with van der Waals surface area (Å²) in [6.45, 7) is 4.41. The molecule has 0 aliphatic carbocycles. The zero-order valence-corrected chi connectivity index (χ0v) is 13.9. The molecule has 2 aromatic rings. The topological polar surface area (TPSA) is 88.5 Å². The van der Waals surface area contributed by atoms with Gasteiger partial charge in [0, 0.05) is 23.7 Å². The first-order valence-corrected chi connectivity index (χ1v) is 7.45. The third kappa shape index (κ3) is 4.10. The van der Waals surface area contributed by atoms with Gasteiger partial charge >= 0.3 is 5.97 Å². The van der Waals surface area contributed by atoms with E-state index in [1.165, 1.54) is 18.3 Å². The monoisotopic (exact) mass is 328 g/mol. The van der Waals surface area contributed by atoms with Crippen LogP contribution in [0.4, 0.5) is 0 Å². The first kappa shape index (κ1) is 17.5. The normalized spacial score (nSPS) is 11.0. The molecule has 0 saturated carbocycles. The van der Waals surface area contributed by atoms with Crippen LogP contribution in [0.25, 0.3) is 0 Å². The van der Waals surface area contributed by atoms with Gasteiger partial charge in [-0.1, -0.05) is 26.0 Å². The van der Waals surface area contributed by atoms with Gasteiger partial charge in [0.05, 0.1) is 7.11 Å². The molecular formula is C18H20N2O4. The summed E-state index contributed by atoms with van der Waals surface area (Å²) in [6.07, 6.45) is 1.31. The van der Waals surface area contributed by atoms with Crippen molar-refractivity contribution in [3.05, 3.63) is 59.4 Å². The highest BCUT2D eigenvalue weighted by atomic mass is 16.5. The second kappa shape index (κ2) is 7.12. The third-order valence-corrected chi connectivity index (χ3v) is 3.78. The van der Waals surface area contributed by atoms with E-state index in [0.29, 0.717) is 6.54 Å². The number of aromatic nitrogens is 1. The van der Waals surface area contributed by atoms with Crippen molar-refractivity contribution in [3.63, 3.8) is 0 Å². The number of rotatable bonds is 6. The van der Waals surface area contributed by atoms with Gasteiger partial charge in [0.15, 0.2) is 0 Å². The number of carbonyl (C=O) groups is 2. The molecule has 2 N–H and O–H groups in total. The van der Waals surface area contributed by atoms with Crippen LogP contribution in [0.3, 0.4) is 0 Å². The number of hydrogen-bond acceptors (Lipinski definition) is 4. The fourth-order valence-electron chi connectivity index (χ4n) is 2.24. The van der Waals surface area contributed by atoms with Crippen molar-refractivity contribution in [3.8, 4) is 5.75 Å². The smallest absolute Gasteiger partial charge is 0.354 e. The van der Waals surface area contributed by atoms with Crippen LogP contribution >= 0.6 is 0 Å². The van der Waals surface area contributed by atoms with Gasteiger partial charge in [-0.05, 0) is 29.8 Å². The van der Waals surface area contributed by atoms with Gasteiger partial charge in [-0.3, -0.25) is 4.79 Å². The number of ether oxygens (including phenoxy) is 1. The van der Waals surface area contributed by atoms with E-state index in [-0.39, 0.29) is 22.6 Å². The Morgan fingerprint density at radius 1 is 1.25 bits per heavy atom. The number of nitrogens with one attached hydrogen (secondary N) is 1. The molecule has 0 bridgehead atoms. The van der Waals surface area contributed by atoms with Crippen molar-refractivity contribution in [1.29, 1.82) is 0 Å². The minimum Gasteiger partial charge on any atom is -0.497 e. The first-order valence-electron chi connectivity index (χ1n) is 7.45. The SMILES string of the molecule is COc1cccc(C(C)(C)CNC(=O)c2ccnc(C(=O)O)c2)c1. The number of nitrogens with zero attached hydrogens (tertiary/aromatic N) is 1. The number of carboxylic acid groups (broad SMARTS) is 1. The molecule has 0 saturated heterocycles. The van der Waals surface area contributed by atoms with Gasteiger partial charge in [0.1, 0.15) is 11.4 Å². The van der Waals surface area contributed by atoms with Crippen LogP contribution in [0, 0.1) is 0 Å². The molecule has 6 heteroatoms. The number of benzene rings is 1. The molecule has 24 heavy (non-hydrogen) atoms. The van der Waals surface area contributed by atoms with Gasteiger partial charge in [0.2, 0.25) is 0 Å². The number of hydrogen-bond donors (Lipinski definition) is 2. The Kier molecular flexibility index (Phi) is 5.18. The number of carboxylic acids is 1. The third-order valence-electron chi connectivity index (χ3n) is 3.78. The first-order chi connectivity index (χ1) is 11.3. The second-order valence-electron chi connectivity index (χ2n) is 6.03. The van der Waals surface area contributed by atoms with E-state index in [1.54, 1.807) is 7.11 Å². The van der Waals surface area contributed by atoms with E-state index in [2.05, 4.69) is 10.3 Å².